The molecule has 0 saturated carbocycles. The van der Waals surface area contributed by atoms with E-state index in [1.54, 1.807) is 11.8 Å². The molecule has 2 heteroatoms. The quantitative estimate of drug-likeness (QED) is 0.768. The van der Waals surface area contributed by atoms with Crippen LogP contribution in [0.1, 0.15) is 13.3 Å². The zero-order chi connectivity index (χ0) is 11.9. The van der Waals surface area contributed by atoms with Crippen molar-refractivity contribution >= 4 is 11.8 Å². The van der Waals surface area contributed by atoms with Crippen LogP contribution in [0.4, 0.5) is 0 Å². The van der Waals surface area contributed by atoms with Gasteiger partial charge in [-0.25, -0.2) is 0 Å². The van der Waals surface area contributed by atoms with E-state index >= 15 is 0 Å². The first-order chi connectivity index (χ1) is 8.40. The highest BCUT2D eigenvalue weighted by atomic mass is 32.2. The number of rotatable bonds is 5. The lowest BCUT2D eigenvalue weighted by molar-refractivity contribution is 0.310. The molecule has 2 aromatic rings. The Bertz CT molecular complexity index is 453. The normalized spacial score (nSPS) is 10.2. The van der Waals surface area contributed by atoms with Gasteiger partial charge in [0.05, 0.1) is 11.5 Å². The van der Waals surface area contributed by atoms with Crippen molar-refractivity contribution in [2.45, 2.75) is 23.1 Å². The third kappa shape index (κ3) is 3.53. The first kappa shape index (κ1) is 12.1. The van der Waals surface area contributed by atoms with E-state index in [0.29, 0.717) is 0 Å². The second-order valence-corrected chi connectivity index (χ2v) is 4.71. The summed E-state index contributed by atoms with van der Waals surface area (Å²) < 4.78 is 5.72. The first-order valence-corrected chi connectivity index (χ1v) is 6.58. The number of benzene rings is 2. The topological polar surface area (TPSA) is 9.23 Å². The number of hydrogen-bond donors (Lipinski definition) is 0. The van der Waals surface area contributed by atoms with Gasteiger partial charge >= 0.3 is 0 Å². The van der Waals surface area contributed by atoms with Crippen LogP contribution in [0.15, 0.2) is 58.3 Å². The maximum atomic E-state index is 5.72. The van der Waals surface area contributed by atoms with Crippen molar-refractivity contribution in [2.75, 3.05) is 6.61 Å². The molecule has 0 N–H and O–H groups in total. The molecule has 2 aromatic carbocycles. The molecule has 87 valence electrons. The van der Waals surface area contributed by atoms with Gasteiger partial charge in [-0.1, -0.05) is 49.0 Å². The second kappa shape index (κ2) is 6.36. The van der Waals surface area contributed by atoms with Gasteiger partial charge in [0.25, 0.3) is 0 Å². The largest absolute Gasteiger partial charge is 0.492 e. The van der Waals surface area contributed by atoms with E-state index in [0.717, 1.165) is 28.6 Å². The molecule has 17 heavy (non-hydrogen) atoms. The van der Waals surface area contributed by atoms with Crippen LogP contribution >= 0.6 is 11.8 Å². The Balaban J connectivity index is 2.15. The molecule has 0 unspecified atom stereocenters. The molecule has 0 amide bonds. The molecule has 0 atom stereocenters. The minimum atomic E-state index is 0.760. The van der Waals surface area contributed by atoms with E-state index in [1.807, 2.05) is 36.4 Å². The smallest absolute Gasteiger partial charge is 0.133 e. The zero-order valence-corrected chi connectivity index (χ0v) is 10.7. The predicted octanol–water partition coefficient (Wildman–Crippen LogP) is 4.43. The van der Waals surface area contributed by atoms with Gasteiger partial charge in [0.15, 0.2) is 0 Å². The van der Waals surface area contributed by atoms with E-state index in [-0.39, 0.29) is 0 Å². The maximum absolute atomic E-state index is 5.72. The third-order valence-electron chi connectivity index (χ3n) is 2.21. The van der Waals surface area contributed by atoms with Gasteiger partial charge in [-0.3, -0.25) is 0 Å². The van der Waals surface area contributed by atoms with E-state index in [4.69, 9.17) is 4.74 Å². The lowest BCUT2D eigenvalue weighted by Gasteiger charge is -2.09. The molecule has 2 rings (SSSR count). The van der Waals surface area contributed by atoms with Crippen LogP contribution in [0.3, 0.4) is 0 Å². The molecule has 1 radical (unpaired) electrons. The van der Waals surface area contributed by atoms with Crippen molar-refractivity contribution in [3.8, 4) is 5.75 Å². The average molecular weight is 243 g/mol. The summed E-state index contributed by atoms with van der Waals surface area (Å²) in [6.45, 7) is 2.87. The second-order valence-electron chi connectivity index (χ2n) is 3.62. The van der Waals surface area contributed by atoms with Crippen molar-refractivity contribution in [1.82, 2.24) is 0 Å². The Morgan fingerprint density at radius 3 is 2.71 bits per heavy atom. The standard InChI is InChI=1S/C15H15OS/c1-2-12-16-14-10-6-7-11-15(14)17-13-8-4-3-5-9-13/h3-8,10-11H,2,12H2,1H3. The lowest BCUT2D eigenvalue weighted by atomic mass is 10.3. The summed E-state index contributed by atoms with van der Waals surface area (Å²) in [6, 6.07) is 19.3. The molecule has 0 aromatic heterocycles. The molecule has 0 aliphatic carbocycles. The minimum absolute atomic E-state index is 0.760. The summed E-state index contributed by atoms with van der Waals surface area (Å²) in [5.74, 6) is 0.955. The fraction of sp³-hybridized carbons (Fsp3) is 0.200. The fourth-order valence-electron chi connectivity index (χ4n) is 1.42. The molecular weight excluding hydrogens is 228 g/mol. The van der Waals surface area contributed by atoms with Gasteiger partial charge in [0.2, 0.25) is 0 Å². The molecular formula is C15H15OS. The van der Waals surface area contributed by atoms with Crippen LogP contribution in [-0.4, -0.2) is 6.61 Å². The van der Waals surface area contributed by atoms with E-state index in [1.165, 1.54) is 0 Å². The highest BCUT2D eigenvalue weighted by Crippen LogP contribution is 2.34. The van der Waals surface area contributed by atoms with Crippen LogP contribution in [0, 0.1) is 6.07 Å². The Labute approximate surface area is 107 Å². The highest BCUT2D eigenvalue weighted by molar-refractivity contribution is 7.99. The van der Waals surface area contributed by atoms with Crippen LogP contribution in [-0.2, 0) is 0 Å². The van der Waals surface area contributed by atoms with Gasteiger partial charge in [-0.15, -0.1) is 0 Å². The molecule has 0 bridgehead atoms. The van der Waals surface area contributed by atoms with Crippen LogP contribution in [0.2, 0.25) is 0 Å². The van der Waals surface area contributed by atoms with Crippen LogP contribution < -0.4 is 4.74 Å². The predicted molar refractivity (Wildman–Crippen MR) is 71.6 cm³/mol. The molecule has 0 saturated heterocycles. The number of para-hydroxylation sites is 1. The Kier molecular flexibility index (Phi) is 4.51. The number of hydrogen-bond acceptors (Lipinski definition) is 2. The SMILES string of the molecule is CCCOc1ccccc1Sc1[c]cccc1. The molecule has 0 aliphatic rings. The van der Waals surface area contributed by atoms with E-state index < -0.39 is 0 Å². The van der Waals surface area contributed by atoms with Crippen LogP contribution in [0.5, 0.6) is 5.75 Å². The summed E-state index contributed by atoms with van der Waals surface area (Å²) in [6.07, 6.45) is 1.02. The van der Waals surface area contributed by atoms with Crippen molar-refractivity contribution < 1.29 is 4.74 Å². The summed E-state index contributed by atoms with van der Waals surface area (Å²) >= 11 is 1.68. The zero-order valence-electron chi connectivity index (χ0n) is 9.85. The van der Waals surface area contributed by atoms with Gasteiger partial charge < -0.3 is 4.74 Å². The van der Waals surface area contributed by atoms with Crippen LogP contribution in [0.25, 0.3) is 0 Å². The Morgan fingerprint density at radius 1 is 1.12 bits per heavy atom. The summed E-state index contributed by atoms with van der Waals surface area (Å²) in [4.78, 5) is 2.25. The van der Waals surface area contributed by atoms with Gasteiger partial charge in [0, 0.05) is 4.90 Å². The molecule has 0 spiro atoms. The van der Waals surface area contributed by atoms with Gasteiger partial charge in [0.1, 0.15) is 5.75 Å². The van der Waals surface area contributed by atoms with Gasteiger partial charge in [-0.05, 0) is 30.7 Å². The summed E-state index contributed by atoms with van der Waals surface area (Å²) in [5.41, 5.74) is 0. The third-order valence-corrected chi connectivity index (χ3v) is 3.24. The summed E-state index contributed by atoms with van der Waals surface area (Å²) in [5, 5.41) is 0. The van der Waals surface area contributed by atoms with E-state index in [2.05, 4.69) is 25.1 Å². The van der Waals surface area contributed by atoms with E-state index in [9.17, 15) is 0 Å². The first-order valence-electron chi connectivity index (χ1n) is 5.76. The minimum Gasteiger partial charge on any atom is -0.492 e. The van der Waals surface area contributed by atoms with Crippen molar-refractivity contribution in [3.63, 3.8) is 0 Å². The van der Waals surface area contributed by atoms with Gasteiger partial charge in [-0.2, -0.15) is 0 Å². The highest BCUT2D eigenvalue weighted by Gasteiger charge is 2.04. The lowest BCUT2D eigenvalue weighted by Crippen LogP contribution is -1.95. The molecule has 0 fully saturated rings. The maximum Gasteiger partial charge on any atom is 0.133 e. The fourth-order valence-corrected chi connectivity index (χ4v) is 2.31. The number of ether oxygens (including phenoxy) is 1. The van der Waals surface area contributed by atoms with Crippen molar-refractivity contribution in [3.05, 3.63) is 54.6 Å². The Hall–Kier alpha value is -1.41. The molecule has 0 heterocycles. The average Bonchev–Trinajstić information content (AvgIpc) is 2.39. The molecule has 0 aliphatic heterocycles. The van der Waals surface area contributed by atoms with Crippen molar-refractivity contribution in [1.29, 1.82) is 0 Å². The van der Waals surface area contributed by atoms with Crippen molar-refractivity contribution in [2.24, 2.45) is 0 Å². The molecule has 1 nitrogen and oxygen atoms in total. The monoisotopic (exact) mass is 243 g/mol. The Morgan fingerprint density at radius 2 is 1.94 bits per heavy atom. The summed E-state index contributed by atoms with van der Waals surface area (Å²) in [7, 11) is 0.